The first-order chi connectivity index (χ1) is 26.5. The van der Waals surface area contributed by atoms with Crippen molar-refractivity contribution in [2.45, 2.75) is 50.7 Å². The summed E-state index contributed by atoms with van der Waals surface area (Å²) in [5.74, 6) is 0.0804. The molecule has 0 unspecified atom stereocenters. The van der Waals surface area contributed by atoms with E-state index in [1.807, 2.05) is 55.4 Å². The molecule has 286 valence electrons. The number of carbonyl (C=O) groups is 2. The summed E-state index contributed by atoms with van der Waals surface area (Å²) < 4.78 is 7.30. The number of pyridine rings is 1. The third-order valence-electron chi connectivity index (χ3n) is 10.2. The van der Waals surface area contributed by atoms with Crippen molar-refractivity contribution in [3.8, 4) is 11.8 Å². The van der Waals surface area contributed by atoms with Gasteiger partial charge >= 0.3 is 0 Å². The average Bonchev–Trinajstić information content (AvgIpc) is 3.19. The maximum atomic E-state index is 14.0. The van der Waals surface area contributed by atoms with Gasteiger partial charge in [0.1, 0.15) is 11.8 Å². The third kappa shape index (κ3) is 9.85. The van der Waals surface area contributed by atoms with Crippen LogP contribution in [0.1, 0.15) is 53.6 Å². The number of halogens is 1. The number of ether oxygens (including phenoxy) is 1. The van der Waals surface area contributed by atoms with Gasteiger partial charge in [0.25, 0.3) is 11.5 Å². The number of fused-ring (bicyclic) bond motifs is 2. The summed E-state index contributed by atoms with van der Waals surface area (Å²) in [5, 5.41) is 25.1. The highest BCUT2D eigenvalue weighted by molar-refractivity contribution is 6.36. The highest BCUT2D eigenvalue weighted by atomic mass is 35.5. The van der Waals surface area contributed by atoms with Crippen LogP contribution >= 0.6 is 11.6 Å². The number of nitriles is 1. The molecule has 5 aromatic rings. The van der Waals surface area contributed by atoms with Crippen LogP contribution < -0.4 is 15.6 Å². The van der Waals surface area contributed by atoms with Gasteiger partial charge < -0.3 is 25.0 Å². The monoisotopic (exact) mass is 763 g/mol. The van der Waals surface area contributed by atoms with Crippen LogP contribution in [0.15, 0.2) is 84.0 Å². The maximum absolute atomic E-state index is 14.0. The van der Waals surface area contributed by atoms with Gasteiger partial charge in [-0.3, -0.25) is 23.9 Å². The van der Waals surface area contributed by atoms with Crippen molar-refractivity contribution in [3.63, 3.8) is 0 Å². The zero-order valence-electron chi connectivity index (χ0n) is 31.2. The Balaban J connectivity index is 1.04. The molecule has 0 spiro atoms. The van der Waals surface area contributed by atoms with Gasteiger partial charge in [0.05, 0.1) is 52.1 Å². The molecule has 1 aliphatic heterocycles. The number of aromatic nitrogens is 3. The molecule has 13 heteroatoms. The molecular weight excluding hydrogens is 718 g/mol. The van der Waals surface area contributed by atoms with Crippen molar-refractivity contribution in [3.05, 3.63) is 111 Å². The van der Waals surface area contributed by atoms with E-state index in [0.717, 1.165) is 18.5 Å². The Morgan fingerprint density at radius 3 is 2.53 bits per heavy atom. The molecule has 1 atom stereocenters. The second-order valence-electron chi connectivity index (χ2n) is 14.5. The van der Waals surface area contributed by atoms with E-state index in [-0.39, 0.29) is 35.4 Å². The Hall–Kier alpha value is -5.35. The number of rotatable bonds is 15. The van der Waals surface area contributed by atoms with Crippen molar-refractivity contribution in [2.75, 3.05) is 46.9 Å². The van der Waals surface area contributed by atoms with Crippen LogP contribution in [0, 0.1) is 17.2 Å². The van der Waals surface area contributed by atoms with Crippen molar-refractivity contribution < 1.29 is 19.4 Å². The van der Waals surface area contributed by atoms with E-state index in [4.69, 9.17) is 16.3 Å². The van der Waals surface area contributed by atoms with E-state index in [1.54, 1.807) is 36.4 Å². The molecule has 0 bridgehead atoms. The number of hydrogen-bond acceptors (Lipinski definition) is 9. The lowest BCUT2D eigenvalue weighted by atomic mass is 9.88. The van der Waals surface area contributed by atoms with E-state index in [0.29, 0.717) is 96.5 Å². The first-order valence-electron chi connectivity index (χ1n) is 18.6. The van der Waals surface area contributed by atoms with Gasteiger partial charge in [-0.15, -0.1) is 0 Å². The number of benzene rings is 3. The normalized spacial score (nSPS) is 14.5. The van der Waals surface area contributed by atoms with Crippen LogP contribution in [0.5, 0.6) is 5.75 Å². The second-order valence-corrected chi connectivity index (χ2v) is 14.9. The molecule has 1 saturated heterocycles. The number of hydrogen-bond donors (Lipinski definition) is 2. The summed E-state index contributed by atoms with van der Waals surface area (Å²) in [4.78, 5) is 53.1. The van der Waals surface area contributed by atoms with Crippen molar-refractivity contribution >= 4 is 45.2 Å². The number of piperidine rings is 1. The first kappa shape index (κ1) is 39.3. The Morgan fingerprint density at radius 1 is 1.04 bits per heavy atom. The molecule has 12 nitrogen and oxygen atoms in total. The van der Waals surface area contributed by atoms with Crippen LogP contribution in [0.25, 0.3) is 21.8 Å². The molecule has 0 radical (unpaired) electrons. The average molecular weight is 764 g/mol. The van der Waals surface area contributed by atoms with Crippen LogP contribution in [-0.4, -0.2) is 93.7 Å². The summed E-state index contributed by atoms with van der Waals surface area (Å²) in [6, 6.07) is 22.1. The Labute approximate surface area is 325 Å². The number of likely N-dealkylation sites (tertiary alicyclic amines) is 1. The molecular formula is C42H46ClN7O5. The minimum Gasteiger partial charge on any atom is -0.493 e. The van der Waals surface area contributed by atoms with Gasteiger partial charge in [0.2, 0.25) is 5.91 Å². The fourth-order valence-electron chi connectivity index (χ4n) is 7.03. The molecule has 6 rings (SSSR count). The molecule has 55 heavy (non-hydrogen) atoms. The van der Waals surface area contributed by atoms with Gasteiger partial charge in [-0.2, -0.15) is 5.26 Å². The molecule has 2 N–H and O–H groups in total. The Kier molecular flexibility index (Phi) is 12.8. The van der Waals surface area contributed by atoms with Crippen LogP contribution in [0.3, 0.4) is 0 Å². The maximum Gasteiger partial charge on any atom is 0.261 e. The minimum absolute atomic E-state index is 0.00993. The van der Waals surface area contributed by atoms with Gasteiger partial charge in [0.15, 0.2) is 0 Å². The van der Waals surface area contributed by atoms with Gasteiger partial charge in [0, 0.05) is 55.3 Å². The number of nitrogens with one attached hydrogen (secondary N) is 1. The zero-order chi connectivity index (χ0) is 39.0. The Bertz CT molecular complexity index is 2250. The summed E-state index contributed by atoms with van der Waals surface area (Å²) in [6.45, 7) is 2.64. The molecule has 1 fully saturated rings. The second kappa shape index (κ2) is 17.9. The largest absolute Gasteiger partial charge is 0.493 e. The lowest BCUT2D eigenvalue weighted by Gasteiger charge is -2.39. The van der Waals surface area contributed by atoms with Gasteiger partial charge in [-0.05, 0) is 82.4 Å². The quantitative estimate of drug-likeness (QED) is 0.137. The number of aliphatic hydroxyl groups is 1. The molecule has 0 aliphatic carbocycles. The van der Waals surface area contributed by atoms with Crippen molar-refractivity contribution in [2.24, 2.45) is 5.92 Å². The first-order valence-corrected chi connectivity index (χ1v) is 19.0. The van der Waals surface area contributed by atoms with Crippen LogP contribution in [0.4, 0.5) is 0 Å². The lowest BCUT2D eigenvalue weighted by Crippen LogP contribution is -2.51. The minimum atomic E-state index is -1.17. The fourth-order valence-corrected chi connectivity index (χ4v) is 7.28. The highest BCUT2D eigenvalue weighted by Crippen LogP contribution is 2.28. The third-order valence-corrected chi connectivity index (χ3v) is 10.6. The van der Waals surface area contributed by atoms with Crippen LogP contribution in [0.2, 0.25) is 5.02 Å². The number of nitrogens with zero attached hydrogens (tertiary/aromatic N) is 6. The highest BCUT2D eigenvalue weighted by Gasteiger charge is 2.36. The Morgan fingerprint density at radius 2 is 1.78 bits per heavy atom. The summed E-state index contributed by atoms with van der Waals surface area (Å²) >= 11 is 6.31. The van der Waals surface area contributed by atoms with E-state index >= 15 is 0 Å². The predicted molar refractivity (Wildman–Crippen MR) is 212 cm³/mol. The van der Waals surface area contributed by atoms with E-state index in [9.17, 15) is 24.8 Å². The fraction of sp³-hybridized carbons (Fsp3) is 0.381. The molecule has 3 heterocycles. The standard InChI is InChI=1S/C42H46ClN7O5/c1-48(2)18-7-21-55-33-12-14-35-37(24-33)47-28-50(41(35)53)27-42(54)15-19-49(20-16-42)40(52)31(22-29-8-4-3-5-9-29)10-6-17-45-39(51)30-11-13-34-36(23-30)46-26-32(25-44)38(34)43/h3-5,8-9,11-14,23-24,26,28,31,54H,6-7,10,15-22,27H2,1-2H3,(H,45,51)/t31-/m1/s1. The molecule has 3 aromatic carbocycles. The van der Waals surface area contributed by atoms with Gasteiger partial charge in [-0.25, -0.2) is 4.98 Å². The summed E-state index contributed by atoms with van der Waals surface area (Å²) in [5.41, 5.74) is 1.39. The van der Waals surface area contributed by atoms with Crippen LogP contribution in [-0.2, 0) is 17.8 Å². The predicted octanol–water partition coefficient (Wildman–Crippen LogP) is 5.22. The van der Waals surface area contributed by atoms with E-state index in [1.165, 1.54) is 17.1 Å². The number of amides is 2. The van der Waals surface area contributed by atoms with Crippen molar-refractivity contribution in [1.82, 2.24) is 29.7 Å². The molecule has 0 saturated carbocycles. The smallest absolute Gasteiger partial charge is 0.261 e. The number of carbonyl (C=O) groups excluding carboxylic acids is 2. The SMILES string of the molecule is CN(C)CCCOc1ccc2c(=O)n(CC3(O)CCN(C(=O)[C@H](CCCNC(=O)c4ccc5c(Cl)c(C#N)cnc5c4)Cc4ccccc4)CC3)cnc2c1. The molecule has 2 amide bonds. The van der Waals surface area contributed by atoms with E-state index < -0.39 is 5.60 Å². The molecule has 1 aliphatic rings. The lowest BCUT2D eigenvalue weighted by molar-refractivity contribution is -0.140. The zero-order valence-corrected chi connectivity index (χ0v) is 32.0. The summed E-state index contributed by atoms with van der Waals surface area (Å²) in [7, 11) is 4.03. The summed E-state index contributed by atoms with van der Waals surface area (Å²) in [6.07, 6.45) is 6.08. The topological polar surface area (TPSA) is 154 Å². The van der Waals surface area contributed by atoms with Gasteiger partial charge in [-0.1, -0.05) is 48.0 Å². The van der Waals surface area contributed by atoms with Crippen molar-refractivity contribution in [1.29, 1.82) is 5.26 Å². The van der Waals surface area contributed by atoms with E-state index in [2.05, 4.69) is 20.2 Å². The molecule has 2 aromatic heterocycles.